The molecule has 0 rings (SSSR count). The van der Waals surface area contributed by atoms with Crippen LogP contribution in [0.4, 0.5) is 0 Å². The van der Waals surface area contributed by atoms with Crippen LogP contribution in [0.25, 0.3) is 0 Å². The Morgan fingerprint density at radius 1 is 0.303 bits per heavy atom. The molecule has 0 aromatic heterocycles. The summed E-state index contributed by atoms with van der Waals surface area (Å²) in [6.07, 6.45) is 72.1. The summed E-state index contributed by atoms with van der Waals surface area (Å²) in [5.74, 6) is -1.01. The molecular formula is C60H98O6. The van der Waals surface area contributed by atoms with Gasteiger partial charge in [-0.15, -0.1) is 0 Å². The molecule has 0 aliphatic rings. The van der Waals surface area contributed by atoms with Crippen LogP contribution in [0, 0.1) is 0 Å². The van der Waals surface area contributed by atoms with E-state index in [0.717, 1.165) is 116 Å². The maximum absolute atomic E-state index is 12.8. The van der Waals surface area contributed by atoms with E-state index < -0.39 is 6.10 Å². The summed E-state index contributed by atoms with van der Waals surface area (Å²) in [6.45, 7) is 6.45. The predicted octanol–water partition coefficient (Wildman–Crippen LogP) is 17.9. The molecule has 6 nitrogen and oxygen atoms in total. The Labute approximate surface area is 406 Å². The summed E-state index contributed by atoms with van der Waals surface area (Å²) < 4.78 is 16.7. The van der Waals surface area contributed by atoms with Gasteiger partial charge in [-0.1, -0.05) is 201 Å². The van der Waals surface area contributed by atoms with E-state index >= 15 is 0 Å². The summed E-state index contributed by atoms with van der Waals surface area (Å²) in [5.41, 5.74) is 0. The number of ether oxygens (including phenoxy) is 3. The molecule has 0 saturated heterocycles. The van der Waals surface area contributed by atoms with Crippen molar-refractivity contribution in [2.45, 2.75) is 239 Å². The molecule has 0 fully saturated rings. The van der Waals surface area contributed by atoms with Gasteiger partial charge >= 0.3 is 17.9 Å². The highest BCUT2D eigenvalue weighted by atomic mass is 16.6. The van der Waals surface area contributed by atoms with E-state index in [1.165, 1.54) is 70.6 Å². The van der Waals surface area contributed by atoms with Gasteiger partial charge in [0.2, 0.25) is 0 Å². The largest absolute Gasteiger partial charge is 0.462 e. The van der Waals surface area contributed by atoms with Crippen LogP contribution >= 0.6 is 0 Å². The lowest BCUT2D eigenvalue weighted by atomic mass is 10.1. The molecular weight excluding hydrogens is 817 g/mol. The van der Waals surface area contributed by atoms with E-state index in [0.29, 0.717) is 12.8 Å². The van der Waals surface area contributed by atoms with Crippen LogP contribution in [0.1, 0.15) is 233 Å². The molecule has 6 heteroatoms. The van der Waals surface area contributed by atoms with Gasteiger partial charge in [0, 0.05) is 19.3 Å². The summed E-state index contributed by atoms with van der Waals surface area (Å²) >= 11 is 0. The Kier molecular flexibility index (Phi) is 50.5. The van der Waals surface area contributed by atoms with Crippen molar-refractivity contribution >= 4 is 17.9 Å². The van der Waals surface area contributed by atoms with E-state index in [1.54, 1.807) is 0 Å². The molecule has 0 aromatic carbocycles. The van der Waals surface area contributed by atoms with Crippen molar-refractivity contribution in [3.63, 3.8) is 0 Å². The SMILES string of the molecule is CCCC/C=C\C/C=C\CCCCCCCC(=O)OC[C@H](COC(=O)CCC/C=C\C/C=C\C/C=C\C/C=C\CCCCC)OC(=O)CCCCCC/C=C\C/C=C\C/C=C\CCCCC. The smallest absolute Gasteiger partial charge is 0.306 e. The molecule has 374 valence electrons. The normalized spacial score (nSPS) is 13.0. The first-order chi connectivity index (χ1) is 32.5. The number of carbonyl (C=O) groups is 3. The zero-order chi connectivity index (χ0) is 47.9. The molecule has 0 aliphatic carbocycles. The van der Waals surface area contributed by atoms with Crippen molar-refractivity contribution in [3.05, 3.63) is 109 Å². The number of allylic oxidation sites excluding steroid dienone is 18. The van der Waals surface area contributed by atoms with Crippen LogP contribution in [-0.2, 0) is 28.6 Å². The second-order valence-corrected chi connectivity index (χ2v) is 17.4. The molecule has 0 amide bonds. The van der Waals surface area contributed by atoms with Gasteiger partial charge in [-0.3, -0.25) is 14.4 Å². The van der Waals surface area contributed by atoms with E-state index in [9.17, 15) is 14.4 Å². The first-order valence-electron chi connectivity index (χ1n) is 26.9. The predicted molar refractivity (Wildman–Crippen MR) is 283 cm³/mol. The van der Waals surface area contributed by atoms with Gasteiger partial charge in [-0.2, -0.15) is 0 Å². The number of hydrogen-bond donors (Lipinski definition) is 0. The summed E-state index contributed by atoms with van der Waals surface area (Å²) in [5, 5.41) is 0. The summed E-state index contributed by atoms with van der Waals surface area (Å²) in [6, 6.07) is 0. The van der Waals surface area contributed by atoms with Crippen molar-refractivity contribution in [2.24, 2.45) is 0 Å². The highest BCUT2D eigenvalue weighted by molar-refractivity contribution is 5.71. The number of hydrogen-bond acceptors (Lipinski definition) is 6. The Hall–Kier alpha value is -3.93. The highest BCUT2D eigenvalue weighted by Gasteiger charge is 2.19. The minimum Gasteiger partial charge on any atom is -0.462 e. The topological polar surface area (TPSA) is 78.9 Å². The molecule has 0 spiro atoms. The van der Waals surface area contributed by atoms with Crippen LogP contribution in [-0.4, -0.2) is 37.2 Å². The maximum atomic E-state index is 12.8. The van der Waals surface area contributed by atoms with Gasteiger partial charge < -0.3 is 14.2 Å². The Balaban J connectivity index is 4.56. The molecule has 0 heterocycles. The number of esters is 3. The number of unbranched alkanes of at least 4 members (excludes halogenated alkanes) is 18. The monoisotopic (exact) mass is 915 g/mol. The quantitative estimate of drug-likeness (QED) is 0.0262. The molecule has 0 radical (unpaired) electrons. The van der Waals surface area contributed by atoms with Crippen molar-refractivity contribution in [3.8, 4) is 0 Å². The molecule has 1 atom stereocenters. The van der Waals surface area contributed by atoms with Gasteiger partial charge in [-0.05, 0) is 122 Å². The average molecular weight is 915 g/mol. The zero-order valence-corrected chi connectivity index (χ0v) is 42.7. The Morgan fingerprint density at radius 2 is 0.576 bits per heavy atom. The molecule has 0 unspecified atom stereocenters. The molecule has 0 N–H and O–H groups in total. The van der Waals surface area contributed by atoms with Crippen molar-refractivity contribution in [1.82, 2.24) is 0 Å². The van der Waals surface area contributed by atoms with Crippen LogP contribution < -0.4 is 0 Å². The third-order valence-electron chi connectivity index (χ3n) is 11.0. The second kappa shape index (κ2) is 53.7. The lowest BCUT2D eigenvalue weighted by Gasteiger charge is -2.18. The molecule has 66 heavy (non-hydrogen) atoms. The molecule has 0 bridgehead atoms. The van der Waals surface area contributed by atoms with E-state index in [1.807, 2.05) is 0 Å². The van der Waals surface area contributed by atoms with Crippen LogP contribution in [0.5, 0.6) is 0 Å². The molecule has 0 aromatic rings. The Bertz CT molecular complexity index is 1370. The Morgan fingerprint density at radius 3 is 0.955 bits per heavy atom. The first kappa shape index (κ1) is 62.1. The summed E-state index contributed by atoms with van der Waals surface area (Å²) in [4.78, 5) is 38.0. The van der Waals surface area contributed by atoms with Crippen LogP contribution in [0.2, 0.25) is 0 Å². The van der Waals surface area contributed by atoms with Crippen molar-refractivity contribution in [2.75, 3.05) is 13.2 Å². The van der Waals surface area contributed by atoms with Gasteiger partial charge in [-0.25, -0.2) is 0 Å². The zero-order valence-electron chi connectivity index (χ0n) is 42.7. The van der Waals surface area contributed by atoms with Crippen LogP contribution in [0.3, 0.4) is 0 Å². The second-order valence-electron chi connectivity index (χ2n) is 17.4. The fraction of sp³-hybridized carbons (Fsp3) is 0.650. The minimum atomic E-state index is -0.820. The molecule has 0 aliphatic heterocycles. The van der Waals surface area contributed by atoms with Gasteiger partial charge in [0.1, 0.15) is 13.2 Å². The standard InChI is InChI=1S/C60H98O6/c1-4-7-10-13-16-19-22-25-28-30-32-35-38-41-44-47-50-53-59(62)65-56-57(55-64-58(61)52-49-46-43-40-37-34-27-24-21-18-15-12-9-6-3)66-60(63)54-51-48-45-42-39-36-33-31-29-26-23-20-17-14-11-8-5-2/h15-20,24-29,32-33,35-36,41,44,57H,4-14,21-23,30-31,34,37-40,42-43,45-56H2,1-3H3/b18-15-,19-16-,20-17-,27-24-,28-25-,29-26-,35-32-,36-33-,44-41-/t57-/m1/s1. The van der Waals surface area contributed by atoms with E-state index in [2.05, 4.69) is 130 Å². The summed E-state index contributed by atoms with van der Waals surface area (Å²) in [7, 11) is 0. The third-order valence-corrected chi connectivity index (χ3v) is 11.0. The van der Waals surface area contributed by atoms with Gasteiger partial charge in [0.15, 0.2) is 6.10 Å². The lowest BCUT2D eigenvalue weighted by molar-refractivity contribution is -0.167. The lowest BCUT2D eigenvalue weighted by Crippen LogP contribution is -2.30. The average Bonchev–Trinajstić information content (AvgIpc) is 3.31. The van der Waals surface area contributed by atoms with Crippen molar-refractivity contribution in [1.29, 1.82) is 0 Å². The van der Waals surface area contributed by atoms with Crippen molar-refractivity contribution < 1.29 is 28.6 Å². The van der Waals surface area contributed by atoms with Gasteiger partial charge in [0.05, 0.1) is 0 Å². The fourth-order valence-corrected chi connectivity index (χ4v) is 6.87. The fourth-order valence-electron chi connectivity index (χ4n) is 6.87. The highest BCUT2D eigenvalue weighted by Crippen LogP contribution is 2.12. The number of carbonyl (C=O) groups excluding carboxylic acids is 3. The third kappa shape index (κ3) is 51.1. The van der Waals surface area contributed by atoms with E-state index in [-0.39, 0.29) is 44.0 Å². The van der Waals surface area contributed by atoms with Crippen LogP contribution in [0.15, 0.2) is 109 Å². The van der Waals surface area contributed by atoms with E-state index in [4.69, 9.17) is 14.2 Å². The number of rotatable bonds is 47. The maximum Gasteiger partial charge on any atom is 0.306 e. The first-order valence-corrected chi connectivity index (χ1v) is 26.9. The van der Waals surface area contributed by atoms with Gasteiger partial charge in [0.25, 0.3) is 0 Å². The minimum absolute atomic E-state index is 0.114. The molecule has 0 saturated carbocycles.